The van der Waals surface area contributed by atoms with E-state index in [2.05, 4.69) is 0 Å². The van der Waals surface area contributed by atoms with Crippen LogP contribution in [0.25, 0.3) is 0 Å². The molecule has 0 N–H and O–H groups in total. The SMILES string of the molecule is O=CC(S)(C1CCCCC1)C1CCCCC1. The van der Waals surface area contributed by atoms with Crippen LogP contribution in [0.3, 0.4) is 0 Å². The normalized spacial score (nSPS) is 25.6. The summed E-state index contributed by atoms with van der Waals surface area (Å²) in [6.07, 6.45) is 14.0. The maximum Gasteiger partial charge on any atom is 0.136 e. The molecule has 2 saturated carbocycles. The minimum atomic E-state index is -0.305. The zero-order valence-corrected chi connectivity index (χ0v) is 11.1. The molecule has 0 atom stereocenters. The van der Waals surface area contributed by atoms with Gasteiger partial charge in [0.2, 0.25) is 0 Å². The smallest absolute Gasteiger partial charge is 0.136 e. The summed E-state index contributed by atoms with van der Waals surface area (Å²) in [6, 6.07) is 0. The molecule has 0 bridgehead atoms. The summed E-state index contributed by atoms with van der Waals surface area (Å²) in [5.74, 6) is 1.09. The Morgan fingerprint density at radius 2 is 1.19 bits per heavy atom. The summed E-state index contributed by atoms with van der Waals surface area (Å²) in [4.78, 5) is 11.5. The molecule has 0 amide bonds. The molecule has 2 rings (SSSR count). The zero-order valence-electron chi connectivity index (χ0n) is 10.2. The molecule has 0 saturated heterocycles. The van der Waals surface area contributed by atoms with E-state index >= 15 is 0 Å². The monoisotopic (exact) mass is 240 g/mol. The van der Waals surface area contributed by atoms with Gasteiger partial charge in [0.25, 0.3) is 0 Å². The fourth-order valence-corrected chi connectivity index (χ4v) is 4.17. The Kier molecular flexibility index (Phi) is 4.34. The van der Waals surface area contributed by atoms with Crippen molar-refractivity contribution in [2.75, 3.05) is 0 Å². The van der Waals surface area contributed by atoms with Crippen molar-refractivity contribution < 1.29 is 4.79 Å². The van der Waals surface area contributed by atoms with Crippen LogP contribution in [0, 0.1) is 11.8 Å². The lowest BCUT2D eigenvalue weighted by Crippen LogP contribution is -2.43. The quantitative estimate of drug-likeness (QED) is 0.582. The first-order valence-corrected chi connectivity index (χ1v) is 7.41. The van der Waals surface area contributed by atoms with Gasteiger partial charge in [0.15, 0.2) is 0 Å². The van der Waals surface area contributed by atoms with Crippen molar-refractivity contribution in [2.45, 2.75) is 69.0 Å². The van der Waals surface area contributed by atoms with E-state index in [0.717, 1.165) is 0 Å². The number of hydrogen-bond acceptors (Lipinski definition) is 2. The molecule has 0 spiro atoms. The van der Waals surface area contributed by atoms with E-state index in [0.29, 0.717) is 11.8 Å². The van der Waals surface area contributed by atoms with Gasteiger partial charge in [-0.05, 0) is 37.5 Å². The van der Waals surface area contributed by atoms with Crippen LogP contribution in [0.1, 0.15) is 64.2 Å². The minimum absolute atomic E-state index is 0.305. The van der Waals surface area contributed by atoms with Gasteiger partial charge in [-0.15, -0.1) is 0 Å². The lowest BCUT2D eigenvalue weighted by molar-refractivity contribution is -0.113. The van der Waals surface area contributed by atoms with Crippen molar-refractivity contribution in [3.05, 3.63) is 0 Å². The van der Waals surface area contributed by atoms with E-state index in [1.807, 2.05) is 0 Å². The first-order valence-electron chi connectivity index (χ1n) is 6.96. The van der Waals surface area contributed by atoms with E-state index in [-0.39, 0.29) is 4.75 Å². The lowest BCUT2D eigenvalue weighted by Gasteiger charge is -2.42. The van der Waals surface area contributed by atoms with Gasteiger partial charge in [-0.2, -0.15) is 12.6 Å². The average Bonchev–Trinajstić information content (AvgIpc) is 2.40. The largest absolute Gasteiger partial charge is 0.302 e. The van der Waals surface area contributed by atoms with E-state index in [1.165, 1.54) is 70.5 Å². The number of aldehydes is 1. The molecule has 2 heteroatoms. The first kappa shape index (κ1) is 12.5. The summed E-state index contributed by atoms with van der Waals surface area (Å²) in [5, 5.41) is 0. The highest BCUT2D eigenvalue weighted by Gasteiger charge is 2.42. The van der Waals surface area contributed by atoms with Crippen LogP contribution in [-0.4, -0.2) is 11.0 Å². The second-order valence-electron chi connectivity index (χ2n) is 5.68. The van der Waals surface area contributed by atoms with Crippen LogP contribution < -0.4 is 0 Å². The van der Waals surface area contributed by atoms with E-state index in [9.17, 15) is 4.79 Å². The molecular formula is C14H24OS. The van der Waals surface area contributed by atoms with Crippen LogP contribution in [0.15, 0.2) is 0 Å². The maximum absolute atomic E-state index is 11.5. The molecule has 0 aromatic rings. The van der Waals surface area contributed by atoms with E-state index in [1.54, 1.807) is 0 Å². The maximum atomic E-state index is 11.5. The summed E-state index contributed by atoms with van der Waals surface area (Å²) in [7, 11) is 0. The Hall–Kier alpha value is 0.0200. The van der Waals surface area contributed by atoms with Gasteiger partial charge in [-0.25, -0.2) is 0 Å². The second kappa shape index (κ2) is 5.57. The Bertz CT molecular complexity index is 209. The van der Waals surface area contributed by atoms with Crippen molar-refractivity contribution in [1.29, 1.82) is 0 Å². The zero-order chi connectivity index (χ0) is 11.4. The number of hydrogen-bond donors (Lipinski definition) is 1. The molecule has 2 fully saturated rings. The highest BCUT2D eigenvalue weighted by Crippen LogP contribution is 2.45. The Morgan fingerprint density at radius 3 is 1.50 bits per heavy atom. The third-order valence-electron chi connectivity index (χ3n) is 4.71. The molecule has 1 nitrogen and oxygen atoms in total. The molecule has 0 unspecified atom stereocenters. The topological polar surface area (TPSA) is 17.1 Å². The minimum Gasteiger partial charge on any atom is -0.302 e. The Balaban J connectivity index is 2.06. The van der Waals surface area contributed by atoms with Gasteiger partial charge in [0.05, 0.1) is 4.75 Å². The van der Waals surface area contributed by atoms with Crippen molar-refractivity contribution in [3.63, 3.8) is 0 Å². The number of rotatable bonds is 3. The van der Waals surface area contributed by atoms with Crippen molar-refractivity contribution >= 4 is 18.9 Å². The van der Waals surface area contributed by atoms with Gasteiger partial charge in [0, 0.05) is 0 Å². The van der Waals surface area contributed by atoms with Gasteiger partial charge < -0.3 is 4.79 Å². The molecule has 2 aliphatic carbocycles. The van der Waals surface area contributed by atoms with Crippen LogP contribution in [0.5, 0.6) is 0 Å². The van der Waals surface area contributed by atoms with Gasteiger partial charge >= 0.3 is 0 Å². The van der Waals surface area contributed by atoms with Gasteiger partial charge in [0.1, 0.15) is 6.29 Å². The number of carbonyl (C=O) groups is 1. The summed E-state index contributed by atoms with van der Waals surface area (Å²) in [5.41, 5.74) is 0. The van der Waals surface area contributed by atoms with Crippen molar-refractivity contribution in [2.24, 2.45) is 11.8 Å². The molecule has 0 aliphatic heterocycles. The molecule has 0 heterocycles. The van der Waals surface area contributed by atoms with Gasteiger partial charge in [-0.1, -0.05) is 38.5 Å². The fourth-order valence-electron chi connectivity index (χ4n) is 3.66. The standard InChI is InChI=1S/C14H24OS/c15-11-14(16,12-7-3-1-4-8-12)13-9-5-2-6-10-13/h11-13,16H,1-10H2. The summed E-state index contributed by atoms with van der Waals surface area (Å²) in [6.45, 7) is 0. The fraction of sp³-hybridized carbons (Fsp3) is 0.929. The van der Waals surface area contributed by atoms with Crippen molar-refractivity contribution in [1.82, 2.24) is 0 Å². The summed E-state index contributed by atoms with van der Waals surface area (Å²) < 4.78 is -0.305. The first-order chi connectivity index (χ1) is 7.77. The molecule has 16 heavy (non-hydrogen) atoms. The van der Waals surface area contributed by atoms with Crippen LogP contribution >= 0.6 is 12.6 Å². The Labute approximate surface area is 105 Å². The Morgan fingerprint density at radius 1 is 0.812 bits per heavy atom. The van der Waals surface area contributed by atoms with Crippen LogP contribution in [0.4, 0.5) is 0 Å². The highest BCUT2D eigenvalue weighted by atomic mass is 32.1. The number of carbonyl (C=O) groups excluding carboxylic acids is 1. The summed E-state index contributed by atoms with van der Waals surface area (Å²) >= 11 is 4.84. The van der Waals surface area contributed by atoms with Crippen LogP contribution in [-0.2, 0) is 4.79 Å². The van der Waals surface area contributed by atoms with E-state index in [4.69, 9.17) is 12.6 Å². The van der Waals surface area contributed by atoms with Crippen LogP contribution in [0.2, 0.25) is 0 Å². The van der Waals surface area contributed by atoms with Crippen molar-refractivity contribution in [3.8, 4) is 0 Å². The predicted octanol–water partition coefficient (Wildman–Crippen LogP) is 4.01. The average molecular weight is 240 g/mol. The second-order valence-corrected chi connectivity index (χ2v) is 6.45. The molecular weight excluding hydrogens is 216 g/mol. The predicted molar refractivity (Wildman–Crippen MR) is 70.9 cm³/mol. The highest BCUT2D eigenvalue weighted by molar-refractivity contribution is 7.82. The molecule has 0 aromatic carbocycles. The molecule has 92 valence electrons. The third-order valence-corrected chi connectivity index (χ3v) is 5.54. The molecule has 0 aromatic heterocycles. The number of thiol groups is 1. The van der Waals surface area contributed by atoms with E-state index < -0.39 is 0 Å². The third kappa shape index (κ3) is 2.47. The molecule has 2 aliphatic rings. The van der Waals surface area contributed by atoms with Gasteiger partial charge in [-0.3, -0.25) is 0 Å². The molecule has 0 radical (unpaired) electrons. The lowest BCUT2D eigenvalue weighted by atomic mass is 9.69.